The summed E-state index contributed by atoms with van der Waals surface area (Å²) in [7, 11) is 0. The van der Waals surface area contributed by atoms with Crippen LogP contribution < -0.4 is 10.5 Å². The Balaban J connectivity index is 2.15. The van der Waals surface area contributed by atoms with Crippen LogP contribution in [0.4, 0.5) is 5.69 Å². The molecule has 1 aromatic carbocycles. The van der Waals surface area contributed by atoms with E-state index in [2.05, 4.69) is 0 Å². The van der Waals surface area contributed by atoms with Gasteiger partial charge < -0.3 is 14.9 Å². The molecular formula is C10H9NO2. The fourth-order valence-corrected chi connectivity index (χ4v) is 0.982. The topological polar surface area (TPSA) is 48.4 Å². The van der Waals surface area contributed by atoms with Crippen LogP contribution in [-0.2, 0) is 0 Å². The second-order valence-electron chi connectivity index (χ2n) is 2.63. The molecule has 1 heterocycles. The van der Waals surface area contributed by atoms with Crippen LogP contribution in [0.1, 0.15) is 0 Å². The van der Waals surface area contributed by atoms with Gasteiger partial charge in [-0.05, 0) is 24.3 Å². The minimum absolute atomic E-state index is 0.685. The van der Waals surface area contributed by atoms with E-state index >= 15 is 0 Å². The summed E-state index contributed by atoms with van der Waals surface area (Å²) in [6.07, 6.45) is 3.10. The lowest BCUT2D eigenvalue weighted by atomic mass is 10.3. The molecule has 0 radical (unpaired) electrons. The Morgan fingerprint density at radius 2 is 1.77 bits per heavy atom. The lowest BCUT2D eigenvalue weighted by Crippen LogP contribution is -1.85. The molecule has 2 N–H and O–H groups in total. The molecule has 0 saturated heterocycles. The number of nitrogens with two attached hydrogens (primary N) is 1. The molecule has 0 bridgehead atoms. The second kappa shape index (κ2) is 3.23. The third-order valence-corrected chi connectivity index (χ3v) is 1.61. The highest BCUT2D eigenvalue weighted by Crippen LogP contribution is 2.21. The van der Waals surface area contributed by atoms with Crippen molar-refractivity contribution in [1.82, 2.24) is 0 Å². The average molecular weight is 175 g/mol. The number of benzene rings is 1. The molecule has 0 aliphatic heterocycles. The Bertz CT molecular complexity index is 364. The van der Waals surface area contributed by atoms with Gasteiger partial charge in [-0.2, -0.15) is 0 Å². The van der Waals surface area contributed by atoms with Crippen molar-refractivity contribution < 1.29 is 9.15 Å². The second-order valence-corrected chi connectivity index (χ2v) is 2.63. The van der Waals surface area contributed by atoms with Gasteiger partial charge in [0.05, 0.1) is 6.26 Å². The molecule has 2 aromatic rings. The highest BCUT2D eigenvalue weighted by atomic mass is 16.5. The quantitative estimate of drug-likeness (QED) is 0.714. The Kier molecular flexibility index (Phi) is 1.92. The number of furan rings is 1. The van der Waals surface area contributed by atoms with Gasteiger partial charge in [-0.1, -0.05) is 0 Å². The molecular weight excluding hydrogens is 166 g/mol. The molecule has 0 aliphatic carbocycles. The van der Waals surface area contributed by atoms with Crippen LogP contribution in [0.5, 0.6) is 11.5 Å². The molecule has 1 aromatic heterocycles. The van der Waals surface area contributed by atoms with Crippen LogP contribution in [-0.4, -0.2) is 0 Å². The van der Waals surface area contributed by atoms with E-state index < -0.39 is 0 Å². The largest absolute Gasteiger partial charge is 0.469 e. The van der Waals surface area contributed by atoms with Crippen molar-refractivity contribution in [3.63, 3.8) is 0 Å². The van der Waals surface area contributed by atoms with Crippen molar-refractivity contribution in [1.29, 1.82) is 0 Å². The summed E-state index contributed by atoms with van der Waals surface area (Å²) in [4.78, 5) is 0. The number of ether oxygens (including phenoxy) is 1. The van der Waals surface area contributed by atoms with Gasteiger partial charge in [-0.3, -0.25) is 0 Å². The Labute approximate surface area is 75.7 Å². The Hall–Kier alpha value is -1.90. The van der Waals surface area contributed by atoms with Gasteiger partial charge in [-0.15, -0.1) is 0 Å². The van der Waals surface area contributed by atoms with Gasteiger partial charge >= 0.3 is 0 Å². The molecule has 13 heavy (non-hydrogen) atoms. The van der Waals surface area contributed by atoms with E-state index in [1.807, 2.05) is 12.1 Å². The van der Waals surface area contributed by atoms with Crippen LogP contribution in [0.2, 0.25) is 0 Å². The molecule has 0 unspecified atom stereocenters. The SMILES string of the molecule is Nc1ccc(Oc2ccoc2)cc1. The number of hydrogen-bond acceptors (Lipinski definition) is 3. The summed E-state index contributed by atoms with van der Waals surface area (Å²) in [5.74, 6) is 1.43. The lowest BCUT2D eigenvalue weighted by molar-refractivity contribution is 0.466. The first-order valence-corrected chi connectivity index (χ1v) is 3.90. The summed E-state index contributed by atoms with van der Waals surface area (Å²) in [5.41, 5.74) is 6.25. The summed E-state index contributed by atoms with van der Waals surface area (Å²) >= 11 is 0. The van der Waals surface area contributed by atoms with Crippen LogP contribution in [0.25, 0.3) is 0 Å². The molecule has 66 valence electrons. The first kappa shape index (κ1) is 7.73. The Morgan fingerprint density at radius 3 is 2.38 bits per heavy atom. The monoisotopic (exact) mass is 175 g/mol. The van der Waals surface area contributed by atoms with Crippen LogP contribution in [0.3, 0.4) is 0 Å². The molecule has 3 heteroatoms. The van der Waals surface area contributed by atoms with Crippen molar-refractivity contribution in [2.24, 2.45) is 0 Å². The van der Waals surface area contributed by atoms with Crippen molar-refractivity contribution >= 4 is 5.69 Å². The average Bonchev–Trinajstić information content (AvgIpc) is 2.62. The third-order valence-electron chi connectivity index (χ3n) is 1.61. The van der Waals surface area contributed by atoms with E-state index in [9.17, 15) is 0 Å². The fourth-order valence-electron chi connectivity index (χ4n) is 0.982. The van der Waals surface area contributed by atoms with E-state index in [0.717, 1.165) is 11.4 Å². The van der Waals surface area contributed by atoms with E-state index in [-0.39, 0.29) is 0 Å². The fraction of sp³-hybridized carbons (Fsp3) is 0. The molecule has 2 rings (SSSR count). The minimum atomic E-state index is 0.685. The van der Waals surface area contributed by atoms with Crippen LogP contribution >= 0.6 is 0 Å². The van der Waals surface area contributed by atoms with Crippen LogP contribution in [0.15, 0.2) is 47.3 Å². The van der Waals surface area contributed by atoms with Crippen molar-refractivity contribution in [3.05, 3.63) is 42.9 Å². The lowest BCUT2D eigenvalue weighted by Gasteiger charge is -2.01. The van der Waals surface area contributed by atoms with Crippen molar-refractivity contribution in [3.8, 4) is 11.5 Å². The minimum Gasteiger partial charge on any atom is -0.469 e. The van der Waals surface area contributed by atoms with Crippen molar-refractivity contribution in [2.75, 3.05) is 5.73 Å². The summed E-state index contributed by atoms with van der Waals surface area (Å²) in [5, 5.41) is 0. The third kappa shape index (κ3) is 1.82. The highest BCUT2D eigenvalue weighted by Gasteiger charge is 1.96. The van der Waals surface area contributed by atoms with Gasteiger partial charge in [0.2, 0.25) is 0 Å². The number of rotatable bonds is 2. The maximum atomic E-state index is 5.53. The standard InChI is InChI=1S/C10H9NO2/c11-8-1-3-9(4-2-8)13-10-5-6-12-7-10/h1-7H,11H2. The van der Waals surface area contributed by atoms with E-state index in [1.54, 1.807) is 24.5 Å². The van der Waals surface area contributed by atoms with Gasteiger partial charge in [-0.25, -0.2) is 0 Å². The summed E-state index contributed by atoms with van der Waals surface area (Å²) in [6.45, 7) is 0. The normalized spacial score (nSPS) is 9.85. The summed E-state index contributed by atoms with van der Waals surface area (Å²) in [6, 6.07) is 8.94. The zero-order valence-electron chi connectivity index (χ0n) is 6.94. The summed E-state index contributed by atoms with van der Waals surface area (Å²) < 4.78 is 10.3. The first-order chi connectivity index (χ1) is 6.34. The predicted octanol–water partition coefficient (Wildman–Crippen LogP) is 2.65. The van der Waals surface area contributed by atoms with E-state index in [0.29, 0.717) is 5.75 Å². The molecule has 3 nitrogen and oxygen atoms in total. The van der Waals surface area contributed by atoms with Gasteiger partial charge in [0.15, 0.2) is 5.75 Å². The smallest absolute Gasteiger partial charge is 0.165 e. The van der Waals surface area contributed by atoms with Gasteiger partial charge in [0, 0.05) is 11.8 Å². The molecule has 0 fully saturated rings. The van der Waals surface area contributed by atoms with Crippen LogP contribution in [0, 0.1) is 0 Å². The predicted molar refractivity (Wildman–Crippen MR) is 49.6 cm³/mol. The highest BCUT2D eigenvalue weighted by molar-refractivity contribution is 5.42. The maximum absolute atomic E-state index is 5.53. The number of nitrogen functional groups attached to an aromatic ring is 1. The molecule has 0 atom stereocenters. The maximum Gasteiger partial charge on any atom is 0.165 e. The zero-order chi connectivity index (χ0) is 9.10. The first-order valence-electron chi connectivity index (χ1n) is 3.90. The molecule has 0 spiro atoms. The van der Waals surface area contributed by atoms with Gasteiger partial charge in [0.25, 0.3) is 0 Å². The number of hydrogen-bond donors (Lipinski definition) is 1. The van der Waals surface area contributed by atoms with E-state index in [1.165, 1.54) is 6.26 Å². The zero-order valence-corrected chi connectivity index (χ0v) is 6.94. The van der Waals surface area contributed by atoms with E-state index in [4.69, 9.17) is 14.9 Å². The molecule has 0 saturated carbocycles. The Morgan fingerprint density at radius 1 is 1.00 bits per heavy atom. The number of anilines is 1. The van der Waals surface area contributed by atoms with Gasteiger partial charge in [0.1, 0.15) is 12.0 Å². The van der Waals surface area contributed by atoms with Crippen molar-refractivity contribution in [2.45, 2.75) is 0 Å². The molecule has 0 aliphatic rings. The molecule has 0 amide bonds.